The van der Waals surface area contributed by atoms with Gasteiger partial charge < -0.3 is 5.73 Å². The number of aldehydes is 1. The Labute approximate surface area is 247 Å². The van der Waals surface area contributed by atoms with E-state index >= 15 is 0 Å². The molecule has 2 N–H and O–H groups in total. The molecule has 0 saturated carbocycles. The first-order valence-corrected chi connectivity index (χ1v) is 13.8. The molecule has 0 amide bonds. The van der Waals surface area contributed by atoms with Crippen LogP contribution in [0.4, 0.5) is 0 Å². The van der Waals surface area contributed by atoms with Gasteiger partial charge in [0.2, 0.25) is 6.20 Å². The molecule has 0 saturated heterocycles. The summed E-state index contributed by atoms with van der Waals surface area (Å²) in [7, 11) is 0.889. The van der Waals surface area contributed by atoms with Crippen LogP contribution in [0.2, 0.25) is 0 Å². The quantitative estimate of drug-likeness (QED) is 0.186. The highest BCUT2D eigenvalue weighted by Gasteiger charge is 1.94. The Morgan fingerprint density at radius 1 is 0.683 bits per heavy atom. The van der Waals surface area contributed by atoms with Crippen LogP contribution in [-0.4, -0.2) is 29.7 Å². The molecule has 0 aromatic heterocycles. The molecule has 228 valence electrons. The Morgan fingerprint density at radius 3 is 1.37 bits per heavy atom. The maximum atomic E-state index is 10.2. The highest BCUT2D eigenvalue weighted by molar-refractivity contribution is 5.76. The largest absolute Gasteiger partial charge is 0.330 e. The van der Waals surface area contributed by atoms with Crippen molar-refractivity contribution in [3.05, 3.63) is 133 Å². The Hall–Kier alpha value is -4.17. The smallest absolute Gasteiger partial charge is 0.235 e. The van der Waals surface area contributed by atoms with Crippen LogP contribution in [0, 0.1) is 41.0 Å². The highest BCUT2D eigenvalue weighted by Crippen LogP contribution is 2.08. The number of nitrogens with zero attached hydrogens (tertiary/aromatic N) is 2. The number of rotatable bonds is 5. The second-order valence-electron chi connectivity index (χ2n) is 7.34. The molecule has 3 aromatic rings. The zero-order chi connectivity index (χ0) is 32.6. The highest BCUT2D eigenvalue weighted by atomic mass is 16.6. The van der Waals surface area contributed by atoms with E-state index in [2.05, 4.69) is 31.2 Å². The fourth-order valence-electron chi connectivity index (χ4n) is 2.68. The number of nitro groups is 2. The Morgan fingerprint density at radius 2 is 1.05 bits per heavy atom. The zero-order valence-corrected chi connectivity index (χ0v) is 26.6. The summed E-state index contributed by atoms with van der Waals surface area (Å²) in [5.74, 6) is 0. The van der Waals surface area contributed by atoms with Gasteiger partial charge in [0, 0.05) is 16.6 Å². The van der Waals surface area contributed by atoms with Gasteiger partial charge in [-0.3, -0.25) is 25.0 Å². The van der Waals surface area contributed by atoms with Crippen molar-refractivity contribution in [2.24, 2.45) is 5.73 Å². The lowest BCUT2D eigenvalue weighted by Gasteiger charge is -2.01. The van der Waals surface area contributed by atoms with E-state index in [-0.39, 0.29) is 0 Å². The molecule has 8 heteroatoms. The lowest BCUT2D eigenvalue weighted by atomic mass is 10.1. The van der Waals surface area contributed by atoms with Crippen molar-refractivity contribution in [3.8, 4) is 0 Å². The van der Waals surface area contributed by atoms with E-state index < -0.39 is 9.85 Å². The fourth-order valence-corrected chi connectivity index (χ4v) is 2.68. The summed E-state index contributed by atoms with van der Waals surface area (Å²) in [6.45, 7) is 18.7. The average molecular weight is 570 g/mol. The van der Waals surface area contributed by atoms with E-state index in [0.717, 1.165) is 54.8 Å². The van der Waals surface area contributed by atoms with E-state index in [1.54, 1.807) is 0 Å². The van der Waals surface area contributed by atoms with Gasteiger partial charge in [-0.2, -0.15) is 0 Å². The van der Waals surface area contributed by atoms with Crippen molar-refractivity contribution in [2.45, 2.75) is 68.7 Å². The maximum absolute atomic E-state index is 10.2. The van der Waals surface area contributed by atoms with Gasteiger partial charge in [0.1, 0.15) is 6.29 Å². The van der Waals surface area contributed by atoms with Gasteiger partial charge in [-0.15, -0.1) is 0 Å². The first-order valence-electron chi connectivity index (χ1n) is 13.8. The molecule has 0 atom stereocenters. The van der Waals surface area contributed by atoms with E-state index in [4.69, 9.17) is 15.8 Å². The maximum Gasteiger partial charge on any atom is 0.235 e. The summed E-state index contributed by atoms with van der Waals surface area (Å²) in [5.41, 5.74) is 11.9. The SMILES string of the molecule is CC.CC.CC.C[N+](=O)[O-].Cc1ccccc1C=C[N+](=O)[O-].Cc1ccccc1C=O.Cc1ccccc1CCN. The minimum atomic E-state index is -0.500. The van der Waals surface area contributed by atoms with Crippen LogP contribution in [0.3, 0.4) is 0 Å². The molecular formula is C33H51N3O5. The van der Waals surface area contributed by atoms with Crippen molar-refractivity contribution >= 4 is 12.4 Å². The summed E-state index contributed by atoms with van der Waals surface area (Å²) in [4.78, 5) is 28.1. The number of hydrogen-bond acceptors (Lipinski definition) is 6. The second-order valence-corrected chi connectivity index (χ2v) is 7.34. The van der Waals surface area contributed by atoms with Gasteiger partial charge in [0.05, 0.1) is 4.92 Å². The van der Waals surface area contributed by atoms with Gasteiger partial charge in [0.25, 0.3) is 0 Å². The van der Waals surface area contributed by atoms with Crippen LogP contribution in [0.5, 0.6) is 0 Å². The molecule has 0 aliphatic heterocycles. The van der Waals surface area contributed by atoms with Gasteiger partial charge in [-0.25, -0.2) is 0 Å². The molecule has 0 aliphatic rings. The minimum absolute atomic E-state index is 0.466. The summed E-state index contributed by atoms with van der Waals surface area (Å²) >= 11 is 0. The molecule has 41 heavy (non-hydrogen) atoms. The molecule has 0 heterocycles. The monoisotopic (exact) mass is 569 g/mol. The normalized spacial score (nSPS) is 8.46. The molecule has 0 spiro atoms. The average Bonchev–Trinajstić information content (AvgIpc) is 2.98. The van der Waals surface area contributed by atoms with Crippen molar-refractivity contribution < 1.29 is 14.6 Å². The van der Waals surface area contributed by atoms with Crippen LogP contribution in [0.25, 0.3) is 6.08 Å². The number of benzene rings is 3. The number of carbonyl (C=O) groups excluding carboxylic acids is 1. The summed E-state index contributed by atoms with van der Waals surface area (Å²) in [6.07, 6.45) is 4.31. The lowest BCUT2D eigenvalue weighted by molar-refractivity contribution is -0.445. The van der Waals surface area contributed by atoms with Crippen LogP contribution in [0.15, 0.2) is 79.0 Å². The van der Waals surface area contributed by atoms with Crippen LogP contribution in [0.1, 0.15) is 79.7 Å². The first-order chi connectivity index (χ1) is 19.6. The summed E-state index contributed by atoms with van der Waals surface area (Å²) in [6, 6.07) is 23.4. The van der Waals surface area contributed by atoms with E-state index in [0.29, 0.717) is 0 Å². The van der Waals surface area contributed by atoms with Crippen molar-refractivity contribution in [1.82, 2.24) is 0 Å². The fraction of sp³-hybridized carbons (Fsp3) is 0.364. The van der Waals surface area contributed by atoms with Gasteiger partial charge in [0.15, 0.2) is 7.05 Å². The third-order valence-electron chi connectivity index (χ3n) is 4.55. The number of nitrogens with two attached hydrogens (primary N) is 1. The predicted octanol–water partition coefficient (Wildman–Crippen LogP) is 8.52. The van der Waals surface area contributed by atoms with Crippen molar-refractivity contribution in [1.29, 1.82) is 0 Å². The van der Waals surface area contributed by atoms with Crippen molar-refractivity contribution in [2.75, 3.05) is 13.6 Å². The Bertz CT molecular complexity index is 1100. The lowest BCUT2D eigenvalue weighted by Crippen LogP contribution is -2.03. The Balaban J connectivity index is -0.000000217. The number of carbonyl (C=O) groups is 1. The molecule has 0 aliphatic carbocycles. The third kappa shape index (κ3) is 27.2. The van der Waals surface area contributed by atoms with Crippen LogP contribution in [-0.2, 0) is 6.42 Å². The van der Waals surface area contributed by atoms with Crippen LogP contribution >= 0.6 is 0 Å². The topological polar surface area (TPSA) is 129 Å². The van der Waals surface area contributed by atoms with Crippen LogP contribution < -0.4 is 5.73 Å². The predicted molar refractivity (Wildman–Crippen MR) is 175 cm³/mol. The Kier molecular flexibility index (Phi) is 34.3. The van der Waals surface area contributed by atoms with Gasteiger partial charge >= 0.3 is 0 Å². The molecule has 3 rings (SSSR count). The van der Waals surface area contributed by atoms with E-state index in [9.17, 15) is 14.9 Å². The van der Waals surface area contributed by atoms with Crippen molar-refractivity contribution in [3.63, 3.8) is 0 Å². The van der Waals surface area contributed by atoms with Gasteiger partial charge in [-0.05, 0) is 61.6 Å². The summed E-state index contributed by atoms with van der Waals surface area (Å²) in [5, 5.41) is 18.8. The zero-order valence-electron chi connectivity index (χ0n) is 26.6. The molecule has 8 nitrogen and oxygen atoms in total. The third-order valence-corrected chi connectivity index (χ3v) is 4.55. The van der Waals surface area contributed by atoms with E-state index in [1.165, 1.54) is 17.2 Å². The molecule has 0 radical (unpaired) electrons. The minimum Gasteiger partial charge on any atom is -0.330 e. The molecule has 0 bridgehead atoms. The number of hydrogen-bond donors (Lipinski definition) is 1. The molecule has 0 unspecified atom stereocenters. The number of aryl methyl sites for hydroxylation is 3. The molecule has 3 aromatic carbocycles. The second kappa shape index (κ2) is 32.0. The van der Waals surface area contributed by atoms with E-state index in [1.807, 2.05) is 104 Å². The summed E-state index contributed by atoms with van der Waals surface area (Å²) < 4.78 is 0. The molecular weight excluding hydrogens is 518 g/mol. The standard InChI is InChI=1S/C9H9NO2.C9H13N.C8H8O.3C2H6.CH3NO2/c1-8-4-2-3-5-9(8)6-7-10(11)12;1-8-4-2-3-5-9(8)6-7-10;1-7-4-2-3-5-8(7)6-9;3*1-2;1-2(3)4/h2-7H,1H3;2-5H,6-7,10H2,1H3;2-6H,1H3;3*1-2H3;1H3. The molecule has 0 fully saturated rings. The van der Waals surface area contributed by atoms with Gasteiger partial charge in [-0.1, -0.05) is 114 Å². The first kappa shape index (κ1) is 43.9.